The van der Waals surface area contributed by atoms with Gasteiger partial charge in [0.05, 0.1) is 13.0 Å². The van der Waals surface area contributed by atoms with E-state index in [1.54, 1.807) is 0 Å². The lowest BCUT2D eigenvalue weighted by atomic mass is 10.0. The molecule has 0 aliphatic rings. The SMILES string of the molecule is COC(=O)[C@@H](C)CCCCNC(=O)[C@@H](C)CCCCNC(=O)[C@@H](C)CCCCNC(=O)[C@@H](C)CCCCNC(=O)[C@@H](C)CCCCNC(=O)OC(C)(C)C. The van der Waals surface area contributed by atoms with Crippen LogP contribution < -0.4 is 26.6 Å². The van der Waals surface area contributed by atoms with E-state index in [4.69, 9.17) is 9.47 Å². The lowest BCUT2D eigenvalue weighted by Gasteiger charge is -2.19. The van der Waals surface area contributed by atoms with Crippen LogP contribution in [0.5, 0.6) is 0 Å². The molecule has 0 fully saturated rings. The zero-order valence-electron chi connectivity index (χ0n) is 35.3. The molecule has 0 rings (SSSR count). The van der Waals surface area contributed by atoms with Crippen molar-refractivity contribution in [3.05, 3.63) is 0 Å². The highest BCUT2D eigenvalue weighted by Gasteiger charge is 2.18. The molecule has 0 saturated heterocycles. The number of amides is 5. The van der Waals surface area contributed by atoms with Gasteiger partial charge in [-0.2, -0.15) is 0 Å². The first-order valence-electron chi connectivity index (χ1n) is 20.6. The molecule has 54 heavy (non-hydrogen) atoms. The Morgan fingerprint density at radius 1 is 0.426 bits per heavy atom. The van der Waals surface area contributed by atoms with Gasteiger partial charge in [-0.15, -0.1) is 0 Å². The minimum atomic E-state index is -0.520. The Morgan fingerprint density at radius 2 is 0.685 bits per heavy atom. The van der Waals surface area contributed by atoms with Gasteiger partial charge in [0.1, 0.15) is 5.60 Å². The Labute approximate surface area is 326 Å². The second-order valence-electron chi connectivity index (χ2n) is 16.1. The van der Waals surface area contributed by atoms with Crippen molar-refractivity contribution in [1.82, 2.24) is 26.6 Å². The van der Waals surface area contributed by atoms with Crippen LogP contribution in [-0.2, 0) is 33.4 Å². The maximum absolute atomic E-state index is 12.5. The van der Waals surface area contributed by atoms with Gasteiger partial charge >= 0.3 is 12.1 Å². The number of methoxy groups -OCH3 is 1. The van der Waals surface area contributed by atoms with Gasteiger partial charge in [0.2, 0.25) is 23.6 Å². The first kappa shape index (κ1) is 50.6. The van der Waals surface area contributed by atoms with Crippen LogP contribution in [-0.4, -0.2) is 81.1 Å². The molecular formula is C41H77N5O8. The smallest absolute Gasteiger partial charge is 0.407 e. The maximum Gasteiger partial charge on any atom is 0.407 e. The molecule has 0 saturated carbocycles. The summed E-state index contributed by atoms with van der Waals surface area (Å²) in [5, 5.41) is 14.7. The molecule has 0 aromatic carbocycles. The monoisotopic (exact) mass is 768 g/mol. The normalized spacial score (nSPS) is 14.1. The zero-order chi connectivity index (χ0) is 40.9. The summed E-state index contributed by atoms with van der Waals surface area (Å²) in [4.78, 5) is 72.9. The van der Waals surface area contributed by atoms with E-state index in [-0.39, 0.29) is 59.2 Å². The van der Waals surface area contributed by atoms with Crippen molar-refractivity contribution >= 4 is 35.7 Å². The van der Waals surface area contributed by atoms with Crippen LogP contribution in [0.2, 0.25) is 0 Å². The molecule has 13 nitrogen and oxygen atoms in total. The molecule has 0 bridgehead atoms. The molecule has 314 valence electrons. The van der Waals surface area contributed by atoms with Gasteiger partial charge in [-0.3, -0.25) is 24.0 Å². The minimum Gasteiger partial charge on any atom is -0.469 e. The van der Waals surface area contributed by atoms with E-state index in [1.807, 2.05) is 55.4 Å². The Kier molecular flexibility index (Phi) is 28.0. The van der Waals surface area contributed by atoms with E-state index in [0.717, 1.165) is 96.3 Å². The summed E-state index contributed by atoms with van der Waals surface area (Å²) in [6, 6.07) is 0. The van der Waals surface area contributed by atoms with Gasteiger partial charge in [-0.1, -0.05) is 66.7 Å². The van der Waals surface area contributed by atoms with E-state index >= 15 is 0 Å². The van der Waals surface area contributed by atoms with E-state index in [0.29, 0.717) is 32.7 Å². The lowest BCUT2D eigenvalue weighted by molar-refractivity contribution is -0.145. The number of hydrogen-bond donors (Lipinski definition) is 5. The standard InChI is InChI=1S/C41H77N5O8/c1-30(35(47)43-26-16-12-22-32(3)37(49)45-28-18-14-24-34(5)39(51)53-9)20-10-15-25-42-36(48)31(2)21-11-17-27-44-38(50)33(4)23-13-19-29-46-40(52)54-41(6,7)8/h30-34H,10-29H2,1-9H3,(H,42,48)(H,43,47)(H,44,50)(H,45,49)(H,46,52)/t30-,31-,32-,33-,34-/m0/s1. The molecule has 0 spiro atoms. The van der Waals surface area contributed by atoms with Gasteiger partial charge in [-0.25, -0.2) is 4.79 Å². The van der Waals surface area contributed by atoms with Crippen molar-refractivity contribution in [2.24, 2.45) is 29.6 Å². The predicted octanol–water partition coefficient (Wildman–Crippen LogP) is 6.18. The van der Waals surface area contributed by atoms with E-state index in [1.165, 1.54) is 7.11 Å². The van der Waals surface area contributed by atoms with Gasteiger partial charge in [0.25, 0.3) is 0 Å². The van der Waals surface area contributed by atoms with Crippen LogP contribution in [0.15, 0.2) is 0 Å². The number of hydrogen-bond acceptors (Lipinski definition) is 8. The van der Waals surface area contributed by atoms with Gasteiger partial charge in [-0.05, 0) is 85.0 Å². The summed E-state index contributed by atoms with van der Waals surface area (Å²) >= 11 is 0. The fraction of sp³-hybridized carbons (Fsp3) is 0.854. The molecule has 0 aromatic rings. The summed E-state index contributed by atoms with van der Waals surface area (Å²) in [5.74, 6) is -0.562. The molecule has 5 amide bonds. The van der Waals surface area contributed by atoms with Crippen molar-refractivity contribution in [1.29, 1.82) is 0 Å². The molecule has 0 unspecified atom stereocenters. The van der Waals surface area contributed by atoms with E-state index in [2.05, 4.69) is 26.6 Å². The highest BCUT2D eigenvalue weighted by Crippen LogP contribution is 2.13. The minimum absolute atomic E-state index is 0.0321. The summed E-state index contributed by atoms with van der Waals surface area (Å²) in [6.07, 6.45) is 11.6. The van der Waals surface area contributed by atoms with E-state index < -0.39 is 11.7 Å². The number of rotatable bonds is 30. The third kappa shape index (κ3) is 27.2. The molecule has 5 atom stereocenters. The second-order valence-corrected chi connectivity index (χ2v) is 16.1. The number of unbranched alkanes of at least 4 members (excludes halogenated alkanes) is 5. The van der Waals surface area contributed by atoms with Crippen LogP contribution in [0.3, 0.4) is 0 Å². The maximum atomic E-state index is 12.5. The molecule has 0 heterocycles. The molecule has 0 aliphatic carbocycles. The molecule has 5 N–H and O–H groups in total. The predicted molar refractivity (Wildman–Crippen MR) is 213 cm³/mol. The Hall–Kier alpha value is -3.38. The van der Waals surface area contributed by atoms with Crippen LogP contribution in [0.25, 0.3) is 0 Å². The van der Waals surface area contributed by atoms with Crippen LogP contribution in [0.1, 0.15) is 152 Å². The van der Waals surface area contributed by atoms with Crippen molar-refractivity contribution in [3.8, 4) is 0 Å². The molecule has 13 heteroatoms. The van der Waals surface area contributed by atoms with Crippen molar-refractivity contribution in [2.75, 3.05) is 39.8 Å². The summed E-state index contributed by atoms with van der Waals surface area (Å²) < 4.78 is 9.95. The third-order valence-electron chi connectivity index (χ3n) is 9.58. The first-order valence-corrected chi connectivity index (χ1v) is 20.6. The van der Waals surface area contributed by atoms with Crippen molar-refractivity contribution in [2.45, 2.75) is 157 Å². The third-order valence-corrected chi connectivity index (χ3v) is 9.58. The number of esters is 1. The lowest BCUT2D eigenvalue weighted by Crippen LogP contribution is -2.33. The Morgan fingerprint density at radius 3 is 0.944 bits per heavy atom. The molecule has 0 aliphatic heterocycles. The molecule has 0 radical (unpaired) electrons. The molecule has 0 aromatic heterocycles. The number of nitrogens with one attached hydrogen (secondary N) is 5. The topological polar surface area (TPSA) is 181 Å². The largest absolute Gasteiger partial charge is 0.469 e. The number of carbonyl (C=O) groups is 6. The fourth-order valence-electron chi connectivity index (χ4n) is 5.77. The molecular weight excluding hydrogens is 690 g/mol. The second kappa shape index (κ2) is 29.9. The van der Waals surface area contributed by atoms with Crippen molar-refractivity contribution in [3.63, 3.8) is 0 Å². The summed E-state index contributed by atoms with van der Waals surface area (Å²) in [6.45, 7) is 17.9. The average molecular weight is 768 g/mol. The van der Waals surface area contributed by atoms with Crippen LogP contribution >= 0.6 is 0 Å². The van der Waals surface area contributed by atoms with Gasteiger partial charge < -0.3 is 36.1 Å². The van der Waals surface area contributed by atoms with Crippen LogP contribution in [0.4, 0.5) is 4.79 Å². The number of carbonyl (C=O) groups excluding carboxylic acids is 6. The van der Waals surface area contributed by atoms with Crippen molar-refractivity contribution < 1.29 is 38.2 Å². The fourth-order valence-corrected chi connectivity index (χ4v) is 5.77. The van der Waals surface area contributed by atoms with E-state index in [9.17, 15) is 28.8 Å². The number of alkyl carbamates (subject to hydrolysis) is 1. The Bertz CT molecular complexity index is 1100. The quantitative estimate of drug-likeness (QED) is 0.0425. The van der Waals surface area contributed by atoms with Crippen LogP contribution in [0, 0.1) is 29.6 Å². The summed E-state index contributed by atoms with van der Waals surface area (Å²) in [5.41, 5.74) is -0.520. The zero-order valence-corrected chi connectivity index (χ0v) is 35.3. The average Bonchev–Trinajstić information content (AvgIpc) is 3.11. The summed E-state index contributed by atoms with van der Waals surface area (Å²) in [7, 11) is 1.39. The number of ether oxygens (including phenoxy) is 2. The highest BCUT2D eigenvalue weighted by atomic mass is 16.6. The van der Waals surface area contributed by atoms with Gasteiger partial charge in [0.15, 0.2) is 0 Å². The first-order chi connectivity index (χ1) is 25.5. The Balaban J connectivity index is 3.85. The van der Waals surface area contributed by atoms with Gasteiger partial charge in [0, 0.05) is 56.4 Å². The highest BCUT2D eigenvalue weighted by molar-refractivity contribution is 5.79.